The van der Waals surface area contributed by atoms with Crippen LogP contribution in [0.1, 0.15) is 25.7 Å². The molecule has 0 saturated heterocycles. The summed E-state index contributed by atoms with van der Waals surface area (Å²) in [6, 6.07) is 8.81. The number of aliphatic hydroxyl groups is 1. The van der Waals surface area contributed by atoms with E-state index in [4.69, 9.17) is 0 Å². The number of hydrogen-bond donors (Lipinski definition) is 2. The van der Waals surface area contributed by atoms with Crippen molar-refractivity contribution in [2.75, 3.05) is 5.32 Å². The van der Waals surface area contributed by atoms with Gasteiger partial charge in [-0.25, -0.2) is 4.98 Å². The number of imidazole rings is 1. The lowest BCUT2D eigenvalue weighted by atomic mass is 9.93. The predicted molar refractivity (Wildman–Crippen MR) is 75.4 cm³/mol. The van der Waals surface area contributed by atoms with E-state index in [2.05, 4.69) is 34.6 Å². The first-order valence-electron chi connectivity index (χ1n) is 6.84. The number of nitrogens with zero attached hydrogens (tertiary/aromatic N) is 2. The molecule has 1 aliphatic rings. The van der Waals surface area contributed by atoms with Crippen LogP contribution >= 0.6 is 0 Å². The summed E-state index contributed by atoms with van der Waals surface area (Å²) in [5.41, 5.74) is 2.24. The first kappa shape index (κ1) is 12.2. The fraction of sp³-hybridized carbons (Fsp3) is 0.400. The molecule has 0 aliphatic heterocycles. The van der Waals surface area contributed by atoms with E-state index in [1.165, 1.54) is 0 Å². The average molecular weight is 257 g/mol. The van der Waals surface area contributed by atoms with Crippen LogP contribution in [0.5, 0.6) is 0 Å². The van der Waals surface area contributed by atoms with E-state index in [1.54, 1.807) is 12.5 Å². The molecule has 3 rings (SSSR count). The van der Waals surface area contributed by atoms with Crippen molar-refractivity contribution in [3.63, 3.8) is 0 Å². The highest BCUT2D eigenvalue weighted by Crippen LogP contribution is 2.23. The van der Waals surface area contributed by atoms with E-state index in [0.717, 1.165) is 37.1 Å². The Balaban J connectivity index is 1.70. The Kier molecular flexibility index (Phi) is 3.51. The molecule has 1 aromatic heterocycles. The van der Waals surface area contributed by atoms with Crippen LogP contribution in [0.25, 0.3) is 5.69 Å². The zero-order valence-electron chi connectivity index (χ0n) is 10.9. The Morgan fingerprint density at radius 2 is 2.05 bits per heavy atom. The number of anilines is 1. The molecule has 100 valence electrons. The van der Waals surface area contributed by atoms with Crippen molar-refractivity contribution < 1.29 is 5.11 Å². The number of aromatic nitrogens is 2. The Bertz CT molecular complexity index is 516. The summed E-state index contributed by atoms with van der Waals surface area (Å²) in [5.74, 6) is 0. The molecule has 0 atom stereocenters. The maximum absolute atomic E-state index is 9.52. The van der Waals surface area contributed by atoms with Crippen LogP contribution in [0, 0.1) is 0 Å². The molecule has 4 nitrogen and oxygen atoms in total. The van der Waals surface area contributed by atoms with Crippen LogP contribution in [-0.2, 0) is 0 Å². The summed E-state index contributed by atoms with van der Waals surface area (Å²) >= 11 is 0. The first-order chi connectivity index (χ1) is 9.31. The van der Waals surface area contributed by atoms with Crippen molar-refractivity contribution in [3.05, 3.63) is 43.0 Å². The molecular formula is C15H19N3O. The Morgan fingerprint density at radius 3 is 2.79 bits per heavy atom. The van der Waals surface area contributed by atoms with E-state index in [9.17, 15) is 5.11 Å². The quantitative estimate of drug-likeness (QED) is 0.888. The largest absolute Gasteiger partial charge is 0.393 e. The van der Waals surface area contributed by atoms with E-state index in [0.29, 0.717) is 6.04 Å². The molecule has 0 spiro atoms. The summed E-state index contributed by atoms with van der Waals surface area (Å²) < 4.78 is 2.00. The number of rotatable bonds is 3. The molecular weight excluding hydrogens is 238 g/mol. The van der Waals surface area contributed by atoms with Crippen LogP contribution < -0.4 is 5.32 Å². The van der Waals surface area contributed by atoms with E-state index < -0.39 is 0 Å². The zero-order chi connectivity index (χ0) is 13.1. The summed E-state index contributed by atoms with van der Waals surface area (Å²) in [6.45, 7) is 0. The van der Waals surface area contributed by atoms with E-state index in [1.807, 2.05) is 10.8 Å². The van der Waals surface area contributed by atoms with Gasteiger partial charge in [-0.2, -0.15) is 0 Å². The molecule has 0 amide bonds. The highest BCUT2D eigenvalue weighted by Gasteiger charge is 2.18. The van der Waals surface area contributed by atoms with Crippen LogP contribution in [-0.4, -0.2) is 26.8 Å². The molecule has 2 aromatic rings. The van der Waals surface area contributed by atoms with Gasteiger partial charge in [-0.05, 0) is 43.9 Å². The predicted octanol–water partition coefficient (Wildman–Crippen LogP) is 2.59. The van der Waals surface area contributed by atoms with E-state index in [-0.39, 0.29) is 6.10 Å². The first-order valence-corrected chi connectivity index (χ1v) is 6.84. The zero-order valence-corrected chi connectivity index (χ0v) is 10.9. The van der Waals surface area contributed by atoms with Gasteiger partial charge in [0.15, 0.2) is 0 Å². The highest BCUT2D eigenvalue weighted by molar-refractivity contribution is 5.51. The maximum Gasteiger partial charge on any atom is 0.0991 e. The molecule has 1 aliphatic carbocycles. The monoisotopic (exact) mass is 257 g/mol. The Morgan fingerprint density at radius 1 is 1.21 bits per heavy atom. The van der Waals surface area contributed by atoms with Gasteiger partial charge in [-0.1, -0.05) is 6.07 Å². The molecule has 0 radical (unpaired) electrons. The van der Waals surface area contributed by atoms with Crippen molar-refractivity contribution >= 4 is 5.69 Å². The van der Waals surface area contributed by atoms with Crippen molar-refractivity contribution in [1.29, 1.82) is 0 Å². The fourth-order valence-electron chi connectivity index (χ4n) is 2.62. The number of aliphatic hydroxyl groups excluding tert-OH is 1. The number of nitrogens with one attached hydrogen (secondary N) is 1. The fourth-order valence-corrected chi connectivity index (χ4v) is 2.62. The van der Waals surface area contributed by atoms with Crippen LogP contribution in [0.3, 0.4) is 0 Å². The molecule has 1 heterocycles. The number of hydrogen-bond acceptors (Lipinski definition) is 3. The maximum atomic E-state index is 9.52. The van der Waals surface area contributed by atoms with Crippen molar-refractivity contribution in [3.8, 4) is 5.69 Å². The van der Waals surface area contributed by atoms with Gasteiger partial charge in [0.05, 0.1) is 12.4 Å². The smallest absolute Gasteiger partial charge is 0.0991 e. The average Bonchev–Trinajstić information content (AvgIpc) is 2.96. The molecule has 19 heavy (non-hydrogen) atoms. The van der Waals surface area contributed by atoms with Gasteiger partial charge in [0.1, 0.15) is 0 Å². The minimum Gasteiger partial charge on any atom is -0.393 e. The molecule has 1 fully saturated rings. The third-order valence-corrected chi connectivity index (χ3v) is 3.72. The lowest BCUT2D eigenvalue weighted by Crippen LogP contribution is -2.28. The van der Waals surface area contributed by atoms with Crippen LogP contribution in [0.15, 0.2) is 43.0 Å². The third-order valence-electron chi connectivity index (χ3n) is 3.72. The van der Waals surface area contributed by atoms with Crippen molar-refractivity contribution in [2.24, 2.45) is 0 Å². The topological polar surface area (TPSA) is 50.1 Å². The molecule has 4 heteroatoms. The lowest BCUT2D eigenvalue weighted by molar-refractivity contribution is 0.126. The van der Waals surface area contributed by atoms with Crippen molar-refractivity contribution in [1.82, 2.24) is 9.55 Å². The highest BCUT2D eigenvalue weighted by atomic mass is 16.3. The lowest BCUT2D eigenvalue weighted by Gasteiger charge is -2.27. The second kappa shape index (κ2) is 5.45. The van der Waals surface area contributed by atoms with Gasteiger partial charge in [0.2, 0.25) is 0 Å². The summed E-state index contributed by atoms with van der Waals surface area (Å²) in [4.78, 5) is 4.07. The second-order valence-electron chi connectivity index (χ2n) is 5.17. The van der Waals surface area contributed by atoms with Gasteiger partial charge >= 0.3 is 0 Å². The van der Waals surface area contributed by atoms with E-state index >= 15 is 0 Å². The molecule has 0 unspecified atom stereocenters. The standard InChI is InChI=1S/C15H19N3O/c19-15-6-4-12(5-7-15)17-13-2-1-3-14(10-13)18-9-8-16-11-18/h1-3,8-12,15,17,19H,4-7H2. The minimum absolute atomic E-state index is 0.102. The van der Waals surface area contributed by atoms with Crippen LogP contribution in [0.2, 0.25) is 0 Å². The molecule has 0 bridgehead atoms. The van der Waals surface area contributed by atoms with Crippen molar-refractivity contribution in [2.45, 2.75) is 37.8 Å². The van der Waals surface area contributed by atoms with Crippen LogP contribution in [0.4, 0.5) is 5.69 Å². The minimum atomic E-state index is -0.102. The van der Waals surface area contributed by atoms with Gasteiger partial charge < -0.3 is 15.0 Å². The van der Waals surface area contributed by atoms with Gasteiger partial charge in [0.25, 0.3) is 0 Å². The molecule has 1 saturated carbocycles. The third kappa shape index (κ3) is 2.96. The Hall–Kier alpha value is -1.81. The molecule has 2 N–H and O–H groups in total. The van der Waals surface area contributed by atoms with Gasteiger partial charge in [-0.15, -0.1) is 0 Å². The second-order valence-corrected chi connectivity index (χ2v) is 5.17. The SMILES string of the molecule is OC1CCC(Nc2cccc(-n3ccnc3)c2)CC1. The van der Waals surface area contributed by atoms with Gasteiger partial charge in [-0.3, -0.25) is 0 Å². The summed E-state index contributed by atoms with van der Waals surface area (Å²) in [7, 11) is 0. The van der Waals surface area contributed by atoms with Gasteiger partial charge in [0, 0.05) is 29.8 Å². The normalized spacial score (nSPS) is 23.2. The Labute approximate surface area is 113 Å². The molecule has 1 aromatic carbocycles. The summed E-state index contributed by atoms with van der Waals surface area (Å²) in [6.07, 6.45) is 9.30. The number of benzene rings is 1. The summed E-state index contributed by atoms with van der Waals surface area (Å²) in [5, 5.41) is 13.1.